The average molecular weight is 702 g/mol. The molecule has 0 radical (unpaired) electrons. The minimum absolute atomic E-state index is 0.0845. The van der Waals surface area contributed by atoms with Crippen LogP contribution in [-0.4, -0.2) is 6.10 Å². The lowest BCUT2D eigenvalue weighted by atomic mass is 9.70. The molecule has 0 bridgehead atoms. The van der Waals surface area contributed by atoms with Gasteiger partial charge in [-0.25, -0.2) is 0 Å². The molecule has 12 rings (SSSR count). The third-order valence-corrected chi connectivity index (χ3v) is 12.4. The van der Waals surface area contributed by atoms with Crippen LogP contribution in [0.25, 0.3) is 44.2 Å². The number of benzene rings is 8. The van der Waals surface area contributed by atoms with E-state index in [1.165, 1.54) is 72.0 Å². The minimum Gasteiger partial charge on any atom is -0.485 e. The Labute approximate surface area is 320 Å². The summed E-state index contributed by atoms with van der Waals surface area (Å²) < 4.78 is 6.25. The van der Waals surface area contributed by atoms with Crippen molar-refractivity contribution in [2.75, 3.05) is 4.90 Å². The number of rotatable bonds is 4. The summed E-state index contributed by atoms with van der Waals surface area (Å²) in [5, 5.41) is 2.56. The fourth-order valence-electron chi connectivity index (χ4n) is 10.1. The maximum absolute atomic E-state index is 6.25. The third kappa shape index (κ3) is 4.25. The molecule has 1 heterocycles. The zero-order chi connectivity index (χ0) is 36.1. The number of fused-ring (bicyclic) bond motifs is 15. The van der Waals surface area contributed by atoms with Crippen molar-refractivity contribution in [3.8, 4) is 39.1 Å². The maximum Gasteiger partial charge on any atom is 0.128 e. The van der Waals surface area contributed by atoms with Crippen LogP contribution in [0.3, 0.4) is 0 Å². The van der Waals surface area contributed by atoms with Gasteiger partial charge in [-0.3, -0.25) is 0 Å². The average Bonchev–Trinajstić information content (AvgIpc) is 3.88. The van der Waals surface area contributed by atoms with Crippen LogP contribution in [0.4, 0.5) is 17.1 Å². The largest absolute Gasteiger partial charge is 0.485 e. The fourth-order valence-corrected chi connectivity index (χ4v) is 10.1. The van der Waals surface area contributed by atoms with Gasteiger partial charge in [0.05, 0.1) is 5.41 Å². The summed E-state index contributed by atoms with van der Waals surface area (Å²) in [6.07, 6.45) is 8.71. The first-order valence-electron chi connectivity index (χ1n) is 19.3. The number of allylic oxidation sites excluding steroid dienone is 2. The van der Waals surface area contributed by atoms with Gasteiger partial charge < -0.3 is 9.64 Å². The molecule has 8 aromatic carbocycles. The number of anilines is 3. The Kier molecular flexibility index (Phi) is 6.41. The van der Waals surface area contributed by atoms with Gasteiger partial charge in [0.15, 0.2) is 0 Å². The van der Waals surface area contributed by atoms with E-state index >= 15 is 0 Å². The molecule has 2 heteroatoms. The number of nitrogens with zero attached hydrogens (tertiary/aromatic N) is 1. The Morgan fingerprint density at radius 3 is 1.95 bits per heavy atom. The van der Waals surface area contributed by atoms with Crippen molar-refractivity contribution in [2.45, 2.75) is 17.4 Å². The molecule has 0 fully saturated rings. The lowest BCUT2D eigenvalue weighted by Crippen LogP contribution is -2.26. The first-order valence-corrected chi connectivity index (χ1v) is 19.3. The van der Waals surface area contributed by atoms with Crippen LogP contribution in [-0.2, 0) is 5.41 Å². The number of hydrogen-bond acceptors (Lipinski definition) is 2. The van der Waals surface area contributed by atoms with E-state index in [-0.39, 0.29) is 12.0 Å². The second-order valence-corrected chi connectivity index (χ2v) is 15.1. The van der Waals surface area contributed by atoms with Crippen molar-refractivity contribution in [2.24, 2.45) is 0 Å². The fraction of sp³-hybridized carbons (Fsp3) is 0.0566. The van der Waals surface area contributed by atoms with Crippen molar-refractivity contribution in [1.82, 2.24) is 0 Å². The summed E-state index contributed by atoms with van der Waals surface area (Å²) in [4.78, 5) is 2.41. The summed E-state index contributed by atoms with van der Waals surface area (Å²) in [5.74, 6) is 1.25. The zero-order valence-corrected chi connectivity index (χ0v) is 30.1. The predicted molar refractivity (Wildman–Crippen MR) is 226 cm³/mol. The molecular formula is C53H35NO. The molecule has 3 aliphatic carbocycles. The quantitative estimate of drug-likeness (QED) is 0.181. The first-order chi connectivity index (χ1) is 27.3. The van der Waals surface area contributed by atoms with E-state index in [0.29, 0.717) is 0 Å². The highest BCUT2D eigenvalue weighted by molar-refractivity contribution is 6.06. The Morgan fingerprint density at radius 1 is 0.455 bits per heavy atom. The van der Waals surface area contributed by atoms with E-state index in [4.69, 9.17) is 4.74 Å². The molecule has 0 amide bonds. The Bertz CT molecular complexity index is 2870. The van der Waals surface area contributed by atoms with Gasteiger partial charge in [-0.1, -0.05) is 146 Å². The summed E-state index contributed by atoms with van der Waals surface area (Å²) >= 11 is 0. The van der Waals surface area contributed by atoms with Crippen molar-refractivity contribution in [3.05, 3.63) is 228 Å². The van der Waals surface area contributed by atoms with Crippen LogP contribution in [0.1, 0.15) is 33.7 Å². The molecule has 0 aromatic heterocycles. The van der Waals surface area contributed by atoms with Crippen LogP contribution < -0.4 is 9.64 Å². The predicted octanol–water partition coefficient (Wildman–Crippen LogP) is 13.3. The number of ether oxygens (including phenoxy) is 1. The van der Waals surface area contributed by atoms with Crippen molar-refractivity contribution < 1.29 is 4.74 Å². The molecule has 2 nitrogen and oxygen atoms in total. The van der Waals surface area contributed by atoms with Gasteiger partial charge in [-0.05, 0) is 121 Å². The molecule has 1 aliphatic heterocycles. The van der Waals surface area contributed by atoms with Gasteiger partial charge >= 0.3 is 0 Å². The molecule has 0 saturated heterocycles. The van der Waals surface area contributed by atoms with Gasteiger partial charge in [-0.15, -0.1) is 0 Å². The molecule has 2 unspecified atom stereocenters. The summed E-state index contributed by atoms with van der Waals surface area (Å²) in [6, 6.07) is 65.3. The van der Waals surface area contributed by atoms with E-state index in [0.717, 1.165) is 22.8 Å². The van der Waals surface area contributed by atoms with Crippen LogP contribution in [0.15, 0.2) is 200 Å². The van der Waals surface area contributed by atoms with Gasteiger partial charge in [0, 0.05) is 28.5 Å². The Hall–Kier alpha value is -6.90. The second-order valence-electron chi connectivity index (χ2n) is 15.1. The lowest BCUT2D eigenvalue weighted by Gasteiger charge is -2.32. The van der Waals surface area contributed by atoms with Gasteiger partial charge in [0.25, 0.3) is 0 Å². The molecular weight excluding hydrogens is 667 g/mol. The maximum atomic E-state index is 6.25. The van der Waals surface area contributed by atoms with Crippen molar-refractivity contribution >= 4 is 27.8 Å². The van der Waals surface area contributed by atoms with Gasteiger partial charge in [0.2, 0.25) is 0 Å². The monoisotopic (exact) mass is 701 g/mol. The minimum atomic E-state index is -0.441. The van der Waals surface area contributed by atoms with Crippen LogP contribution in [0.2, 0.25) is 0 Å². The molecule has 258 valence electrons. The Balaban J connectivity index is 1.04. The molecule has 0 saturated carbocycles. The lowest BCUT2D eigenvalue weighted by molar-refractivity contribution is 0.269. The second kappa shape index (κ2) is 11.5. The molecule has 8 aromatic rings. The molecule has 55 heavy (non-hydrogen) atoms. The molecule has 2 atom stereocenters. The molecule has 4 aliphatic rings. The van der Waals surface area contributed by atoms with Gasteiger partial charge in [0.1, 0.15) is 11.9 Å². The number of hydrogen-bond donors (Lipinski definition) is 0. The normalized spacial score (nSPS) is 17.2. The van der Waals surface area contributed by atoms with Crippen molar-refractivity contribution in [3.63, 3.8) is 0 Å². The summed E-state index contributed by atoms with van der Waals surface area (Å²) in [7, 11) is 0. The van der Waals surface area contributed by atoms with E-state index in [1.807, 2.05) is 0 Å². The SMILES string of the molecule is C1=CC2Oc3ccc(-c4ccc(N(c5ccccc5)c5ccc6c(c5)C5(c7ccccc7-c7ccccc75)c5ccc7ccccc7c5-6)cc4)cc3C2C=C1. The number of para-hydroxylation sites is 1. The first kappa shape index (κ1) is 30.6. The smallest absolute Gasteiger partial charge is 0.128 e. The highest BCUT2D eigenvalue weighted by atomic mass is 16.5. The van der Waals surface area contributed by atoms with Crippen LogP contribution in [0, 0.1) is 0 Å². The highest BCUT2D eigenvalue weighted by Crippen LogP contribution is 2.64. The van der Waals surface area contributed by atoms with E-state index < -0.39 is 5.41 Å². The van der Waals surface area contributed by atoms with Crippen LogP contribution >= 0.6 is 0 Å². The zero-order valence-electron chi connectivity index (χ0n) is 30.1. The highest BCUT2D eigenvalue weighted by Gasteiger charge is 2.52. The standard InChI is InChI=1S/C53H35NO/c1-2-13-37(14-3-1)54(38-26-22-34(23-27-38)36-25-31-51-45(32-36)43-18-8-11-21-50(43)55-51)39-28-29-44-49(33-39)53(48-30-24-35-12-4-5-15-40(35)52(44)48)46-19-9-6-16-41(46)42-17-7-10-20-47(42)53/h1-33,43,50H. The van der Waals surface area contributed by atoms with E-state index in [9.17, 15) is 0 Å². The van der Waals surface area contributed by atoms with E-state index in [1.54, 1.807) is 0 Å². The third-order valence-electron chi connectivity index (χ3n) is 12.4. The van der Waals surface area contributed by atoms with Gasteiger partial charge in [-0.2, -0.15) is 0 Å². The topological polar surface area (TPSA) is 12.5 Å². The Morgan fingerprint density at radius 2 is 1.13 bits per heavy atom. The summed E-state index contributed by atoms with van der Waals surface area (Å²) in [5.41, 5.74) is 17.2. The molecule has 0 N–H and O–H groups in total. The van der Waals surface area contributed by atoms with Crippen LogP contribution in [0.5, 0.6) is 5.75 Å². The summed E-state index contributed by atoms with van der Waals surface area (Å²) in [6.45, 7) is 0. The molecule has 1 spiro atoms. The van der Waals surface area contributed by atoms with E-state index in [2.05, 4.69) is 205 Å². The van der Waals surface area contributed by atoms with Crippen molar-refractivity contribution in [1.29, 1.82) is 0 Å².